The number of benzene rings is 3. The van der Waals surface area contributed by atoms with Crippen LogP contribution in [0.15, 0.2) is 72.8 Å². The third kappa shape index (κ3) is 7.26. The zero-order valence-corrected chi connectivity index (χ0v) is 20.4. The average Bonchev–Trinajstić information content (AvgIpc) is 2.88. The van der Waals surface area contributed by atoms with E-state index in [4.69, 9.17) is 0 Å². The van der Waals surface area contributed by atoms with Crippen molar-refractivity contribution in [2.24, 2.45) is 0 Å². The Morgan fingerprint density at radius 3 is 1.62 bits per heavy atom. The van der Waals surface area contributed by atoms with Crippen LogP contribution in [0.3, 0.4) is 0 Å². The largest absolute Gasteiger partial charge is 0.416 e. The van der Waals surface area contributed by atoms with Crippen molar-refractivity contribution in [2.75, 3.05) is 31.1 Å². The second-order valence-corrected chi connectivity index (χ2v) is 9.28. The Balaban J connectivity index is 1.51. The van der Waals surface area contributed by atoms with E-state index in [-0.39, 0.29) is 18.1 Å². The Morgan fingerprint density at radius 1 is 0.615 bits per heavy atom. The second-order valence-electron chi connectivity index (χ2n) is 9.28. The van der Waals surface area contributed by atoms with Gasteiger partial charge in [0.05, 0.1) is 16.7 Å². The van der Waals surface area contributed by atoms with Crippen molar-refractivity contribution in [1.29, 1.82) is 0 Å². The molecule has 209 valence electrons. The smallest absolute Gasteiger partial charge is 0.369 e. The molecule has 0 aromatic heterocycles. The van der Waals surface area contributed by atoms with E-state index in [1.165, 1.54) is 12.1 Å². The second kappa shape index (κ2) is 11.1. The number of halogens is 9. The van der Waals surface area contributed by atoms with Crippen LogP contribution in [0.1, 0.15) is 33.9 Å². The van der Waals surface area contributed by atoms with Gasteiger partial charge in [-0.25, -0.2) is 0 Å². The van der Waals surface area contributed by atoms with E-state index in [0.29, 0.717) is 31.9 Å². The molecule has 1 radical (unpaired) electrons. The molecule has 1 aliphatic rings. The molecular weight excluding hydrogens is 535 g/mol. The number of hydrogen-bond acceptors (Lipinski definition) is 2. The summed E-state index contributed by atoms with van der Waals surface area (Å²) in [5.41, 5.74) is -2.12. The normalized spacial score (nSPS) is 16.4. The molecule has 11 heteroatoms. The molecule has 2 nitrogen and oxygen atoms in total. The first-order valence-corrected chi connectivity index (χ1v) is 12.0. The number of piperazine rings is 1. The lowest BCUT2D eigenvalue weighted by atomic mass is 9.95. The number of rotatable bonds is 6. The van der Waals surface area contributed by atoms with Crippen molar-refractivity contribution >= 4 is 5.69 Å². The zero-order valence-electron chi connectivity index (χ0n) is 20.4. The number of anilines is 1. The Hall–Kier alpha value is -3.21. The molecule has 1 atom stereocenters. The quantitative estimate of drug-likeness (QED) is 0.282. The Labute approximate surface area is 219 Å². The van der Waals surface area contributed by atoms with Crippen LogP contribution in [0, 0.1) is 6.42 Å². The summed E-state index contributed by atoms with van der Waals surface area (Å²) in [6.07, 6.45) is -12.7. The maximum Gasteiger partial charge on any atom is 0.416 e. The fourth-order valence-corrected chi connectivity index (χ4v) is 4.65. The highest BCUT2D eigenvalue weighted by atomic mass is 19.4. The van der Waals surface area contributed by atoms with Gasteiger partial charge < -0.3 is 4.90 Å². The molecule has 4 rings (SSSR count). The first-order valence-electron chi connectivity index (χ1n) is 12.0. The Kier molecular flexibility index (Phi) is 8.20. The van der Waals surface area contributed by atoms with E-state index in [1.807, 2.05) is 21.9 Å². The summed E-state index contributed by atoms with van der Waals surface area (Å²) in [5.74, 6) is 0. The summed E-state index contributed by atoms with van der Waals surface area (Å²) in [7, 11) is 0. The van der Waals surface area contributed by atoms with Crippen LogP contribution in [-0.2, 0) is 24.9 Å². The molecule has 1 unspecified atom stereocenters. The minimum absolute atomic E-state index is 0.110. The van der Waals surface area contributed by atoms with Gasteiger partial charge in [-0.2, -0.15) is 39.5 Å². The van der Waals surface area contributed by atoms with Gasteiger partial charge in [0, 0.05) is 37.9 Å². The highest BCUT2D eigenvalue weighted by molar-refractivity contribution is 5.48. The van der Waals surface area contributed by atoms with Gasteiger partial charge in [-0.15, -0.1) is 0 Å². The van der Waals surface area contributed by atoms with Gasteiger partial charge in [-0.3, -0.25) is 4.90 Å². The third-order valence-corrected chi connectivity index (χ3v) is 6.63. The fraction of sp³-hybridized carbons (Fsp3) is 0.321. The maximum atomic E-state index is 13.3. The molecule has 0 spiro atoms. The molecule has 1 saturated heterocycles. The van der Waals surface area contributed by atoms with E-state index >= 15 is 0 Å². The monoisotopic (exact) mass is 559 g/mol. The van der Waals surface area contributed by atoms with Crippen molar-refractivity contribution in [2.45, 2.75) is 31.0 Å². The van der Waals surface area contributed by atoms with Crippen molar-refractivity contribution in [3.05, 3.63) is 107 Å². The van der Waals surface area contributed by atoms with E-state index in [1.54, 1.807) is 24.6 Å². The van der Waals surface area contributed by atoms with Crippen molar-refractivity contribution in [1.82, 2.24) is 4.90 Å². The molecule has 0 aliphatic carbocycles. The molecule has 0 bridgehead atoms. The number of nitrogens with zero attached hydrogens (tertiary/aromatic N) is 2. The Bertz CT molecular complexity index is 1190. The molecule has 0 N–H and O–H groups in total. The van der Waals surface area contributed by atoms with Gasteiger partial charge in [-0.1, -0.05) is 30.3 Å². The molecule has 3 aromatic carbocycles. The van der Waals surface area contributed by atoms with Crippen LogP contribution in [-0.4, -0.2) is 31.1 Å². The highest BCUT2D eigenvalue weighted by Gasteiger charge is 2.37. The molecule has 1 aliphatic heterocycles. The van der Waals surface area contributed by atoms with E-state index in [2.05, 4.69) is 0 Å². The molecule has 3 aromatic rings. The van der Waals surface area contributed by atoms with Crippen LogP contribution >= 0.6 is 0 Å². The summed E-state index contributed by atoms with van der Waals surface area (Å²) >= 11 is 0. The maximum absolute atomic E-state index is 13.3. The molecule has 0 amide bonds. The van der Waals surface area contributed by atoms with Gasteiger partial charge in [0.1, 0.15) is 0 Å². The fourth-order valence-electron chi connectivity index (χ4n) is 4.65. The predicted octanol–water partition coefficient (Wildman–Crippen LogP) is 8.05. The molecule has 1 fully saturated rings. The van der Waals surface area contributed by atoms with Gasteiger partial charge in [-0.05, 0) is 66.4 Å². The first kappa shape index (κ1) is 28.8. The summed E-state index contributed by atoms with van der Waals surface area (Å²) in [6, 6.07) is 15.1. The topological polar surface area (TPSA) is 6.48 Å². The van der Waals surface area contributed by atoms with E-state index in [9.17, 15) is 39.5 Å². The van der Waals surface area contributed by atoms with Crippen molar-refractivity contribution in [3.63, 3.8) is 0 Å². The summed E-state index contributed by atoms with van der Waals surface area (Å²) < 4.78 is 118. The molecule has 1 heterocycles. The lowest BCUT2D eigenvalue weighted by Gasteiger charge is -2.40. The lowest BCUT2D eigenvalue weighted by molar-refractivity contribution is -0.143. The minimum Gasteiger partial charge on any atom is -0.369 e. The van der Waals surface area contributed by atoms with E-state index < -0.39 is 41.3 Å². The molecule has 0 saturated carbocycles. The van der Waals surface area contributed by atoms with Crippen LogP contribution in [0.25, 0.3) is 0 Å². The van der Waals surface area contributed by atoms with Gasteiger partial charge in [0.2, 0.25) is 0 Å². The SMILES string of the molecule is FC(F)(F)c1ccc(N2CCN(C([CH]Cc3cc(C(F)(F)F)cc(C(F)(F)F)c3)c3ccccc3)CC2)cc1. The predicted molar refractivity (Wildman–Crippen MR) is 129 cm³/mol. The van der Waals surface area contributed by atoms with Gasteiger partial charge >= 0.3 is 18.5 Å². The van der Waals surface area contributed by atoms with E-state index in [0.717, 1.165) is 29.8 Å². The van der Waals surface area contributed by atoms with Gasteiger partial charge in [0.15, 0.2) is 0 Å². The minimum atomic E-state index is -4.93. The standard InChI is InChI=1S/C28H24F9N2/c29-26(30,31)21-7-9-24(10-8-21)38-12-14-39(15-13-38)25(20-4-2-1-3-5-20)11-6-19-16-22(27(32,33)34)18-23(17-19)28(35,36)37/h1-5,7-11,16-18,25H,6,12-15H2. The third-order valence-electron chi connectivity index (χ3n) is 6.63. The Morgan fingerprint density at radius 2 is 1.13 bits per heavy atom. The average molecular weight is 559 g/mol. The first-order chi connectivity index (χ1) is 18.2. The van der Waals surface area contributed by atoms with Crippen LogP contribution < -0.4 is 4.90 Å². The highest BCUT2D eigenvalue weighted by Crippen LogP contribution is 2.37. The summed E-state index contributed by atoms with van der Waals surface area (Å²) in [6.45, 7) is 1.91. The van der Waals surface area contributed by atoms with Crippen LogP contribution in [0.5, 0.6) is 0 Å². The number of alkyl halides is 9. The van der Waals surface area contributed by atoms with Crippen LogP contribution in [0.2, 0.25) is 0 Å². The lowest BCUT2D eigenvalue weighted by Crippen LogP contribution is -2.48. The number of hydrogen-bond donors (Lipinski definition) is 0. The van der Waals surface area contributed by atoms with Crippen molar-refractivity contribution < 1.29 is 39.5 Å². The van der Waals surface area contributed by atoms with Crippen molar-refractivity contribution in [3.8, 4) is 0 Å². The molecule has 39 heavy (non-hydrogen) atoms. The van der Waals surface area contributed by atoms with Gasteiger partial charge in [0.25, 0.3) is 0 Å². The summed E-state index contributed by atoms with van der Waals surface area (Å²) in [4.78, 5) is 3.98. The zero-order chi connectivity index (χ0) is 28.4. The summed E-state index contributed by atoms with van der Waals surface area (Å²) in [5, 5.41) is 0. The van der Waals surface area contributed by atoms with Crippen LogP contribution in [0.4, 0.5) is 45.2 Å². The molecular formula is C28H24F9N2.